The lowest BCUT2D eigenvalue weighted by Gasteiger charge is -2.14. The van der Waals surface area contributed by atoms with E-state index in [-0.39, 0.29) is 23.0 Å². The summed E-state index contributed by atoms with van der Waals surface area (Å²) in [5.41, 5.74) is 2.03. The Labute approximate surface area is 200 Å². The van der Waals surface area contributed by atoms with Crippen LogP contribution in [0.1, 0.15) is 24.2 Å². The Balaban J connectivity index is 1.63. The van der Waals surface area contributed by atoms with Crippen LogP contribution in [0.15, 0.2) is 82.7 Å². The van der Waals surface area contributed by atoms with Crippen LogP contribution in [0, 0.1) is 0 Å². The molecule has 0 bridgehead atoms. The highest BCUT2D eigenvalue weighted by Gasteiger charge is 2.15. The SMILES string of the molecule is CCOc1ccc(-n2c(SCC(=O)Nc3cccc(C(C)=O)c3)nc3ccccc3c2=O)cc1. The molecule has 0 spiro atoms. The van der Waals surface area contributed by atoms with Crippen molar-refractivity contribution >= 4 is 40.0 Å². The second-order valence-corrected chi connectivity index (χ2v) is 8.40. The van der Waals surface area contributed by atoms with Crippen LogP contribution in [0.2, 0.25) is 0 Å². The maximum Gasteiger partial charge on any atom is 0.266 e. The number of hydrogen-bond acceptors (Lipinski definition) is 6. The van der Waals surface area contributed by atoms with E-state index in [1.54, 1.807) is 66.7 Å². The van der Waals surface area contributed by atoms with Crippen LogP contribution < -0.4 is 15.6 Å². The average molecular weight is 474 g/mol. The molecule has 0 atom stereocenters. The monoisotopic (exact) mass is 473 g/mol. The molecule has 0 unspecified atom stereocenters. The van der Waals surface area contributed by atoms with Gasteiger partial charge in [-0.3, -0.25) is 19.0 Å². The molecule has 8 heteroatoms. The van der Waals surface area contributed by atoms with E-state index in [9.17, 15) is 14.4 Å². The Bertz CT molecular complexity index is 1410. The van der Waals surface area contributed by atoms with Gasteiger partial charge in [-0.05, 0) is 62.4 Å². The van der Waals surface area contributed by atoms with Gasteiger partial charge in [0, 0.05) is 11.3 Å². The van der Waals surface area contributed by atoms with Gasteiger partial charge in [-0.25, -0.2) is 4.98 Å². The van der Waals surface area contributed by atoms with Gasteiger partial charge in [-0.2, -0.15) is 0 Å². The average Bonchev–Trinajstić information content (AvgIpc) is 2.84. The third-order valence-corrected chi connectivity index (χ3v) is 5.97. The normalized spacial score (nSPS) is 10.8. The van der Waals surface area contributed by atoms with E-state index in [1.165, 1.54) is 11.5 Å². The van der Waals surface area contributed by atoms with Gasteiger partial charge in [0.2, 0.25) is 5.91 Å². The largest absolute Gasteiger partial charge is 0.494 e. The minimum absolute atomic E-state index is 0.0338. The Kier molecular flexibility index (Phi) is 7.08. The van der Waals surface area contributed by atoms with Crippen LogP contribution in [-0.4, -0.2) is 33.6 Å². The van der Waals surface area contributed by atoms with Crippen molar-refractivity contribution in [3.05, 3.63) is 88.7 Å². The number of fused-ring (bicyclic) bond motifs is 1. The van der Waals surface area contributed by atoms with Gasteiger partial charge in [0.1, 0.15) is 5.75 Å². The molecule has 1 N–H and O–H groups in total. The van der Waals surface area contributed by atoms with Crippen molar-refractivity contribution in [2.24, 2.45) is 0 Å². The summed E-state index contributed by atoms with van der Waals surface area (Å²) in [4.78, 5) is 42.2. The molecule has 4 rings (SSSR count). The molecule has 3 aromatic carbocycles. The number of ether oxygens (including phenoxy) is 1. The van der Waals surface area contributed by atoms with Crippen LogP contribution in [0.3, 0.4) is 0 Å². The summed E-state index contributed by atoms with van der Waals surface area (Å²) in [6.45, 7) is 3.92. The predicted octanol–water partition coefficient (Wildman–Crippen LogP) is 4.72. The fourth-order valence-electron chi connectivity index (χ4n) is 3.44. The van der Waals surface area contributed by atoms with E-state index in [4.69, 9.17) is 4.74 Å². The van der Waals surface area contributed by atoms with Crippen LogP contribution >= 0.6 is 11.8 Å². The molecular weight excluding hydrogens is 450 g/mol. The van der Waals surface area contributed by atoms with Crippen molar-refractivity contribution in [3.63, 3.8) is 0 Å². The lowest BCUT2D eigenvalue weighted by Crippen LogP contribution is -2.23. The Morgan fingerprint density at radius 3 is 2.53 bits per heavy atom. The van der Waals surface area contributed by atoms with E-state index in [2.05, 4.69) is 10.3 Å². The molecule has 1 heterocycles. The lowest BCUT2D eigenvalue weighted by molar-refractivity contribution is -0.113. The fourth-order valence-corrected chi connectivity index (χ4v) is 4.25. The quantitative estimate of drug-likeness (QED) is 0.226. The number of benzene rings is 3. The number of para-hydroxylation sites is 1. The molecule has 1 aromatic heterocycles. The molecule has 1 amide bonds. The number of Topliss-reactive ketones (excluding diaryl/α,β-unsaturated/α-hetero) is 1. The van der Waals surface area contributed by atoms with Crippen LogP contribution in [0.25, 0.3) is 16.6 Å². The van der Waals surface area contributed by atoms with E-state index >= 15 is 0 Å². The van der Waals surface area contributed by atoms with Crippen molar-refractivity contribution < 1.29 is 14.3 Å². The second-order valence-electron chi connectivity index (χ2n) is 7.45. The molecule has 0 aliphatic carbocycles. The standard InChI is InChI=1S/C26H23N3O4S/c1-3-33-21-13-11-20(12-14-21)29-25(32)22-9-4-5-10-23(22)28-26(29)34-16-24(31)27-19-8-6-7-18(15-19)17(2)30/h4-15H,3,16H2,1-2H3,(H,27,31). The van der Waals surface area contributed by atoms with Gasteiger partial charge >= 0.3 is 0 Å². The smallest absolute Gasteiger partial charge is 0.266 e. The number of hydrogen-bond donors (Lipinski definition) is 1. The maximum absolute atomic E-state index is 13.3. The zero-order chi connectivity index (χ0) is 24.1. The van der Waals surface area contributed by atoms with Gasteiger partial charge in [-0.15, -0.1) is 0 Å². The molecule has 0 saturated carbocycles. The molecule has 7 nitrogen and oxygen atoms in total. The highest BCUT2D eigenvalue weighted by molar-refractivity contribution is 7.99. The van der Waals surface area contributed by atoms with Crippen molar-refractivity contribution in [1.82, 2.24) is 9.55 Å². The molecule has 0 radical (unpaired) electrons. The van der Waals surface area contributed by atoms with Crippen LogP contribution in [0.4, 0.5) is 5.69 Å². The summed E-state index contributed by atoms with van der Waals surface area (Å²) < 4.78 is 7.01. The van der Waals surface area contributed by atoms with Crippen molar-refractivity contribution in [2.75, 3.05) is 17.7 Å². The number of amides is 1. The first-order chi connectivity index (χ1) is 16.5. The molecule has 172 valence electrons. The first kappa shape index (κ1) is 23.3. The summed E-state index contributed by atoms with van der Waals surface area (Å²) in [6.07, 6.45) is 0. The number of carbonyl (C=O) groups excluding carboxylic acids is 2. The highest BCUT2D eigenvalue weighted by atomic mass is 32.2. The summed E-state index contributed by atoms with van der Waals surface area (Å²) in [5, 5.41) is 3.69. The zero-order valence-corrected chi connectivity index (χ0v) is 19.6. The summed E-state index contributed by atoms with van der Waals surface area (Å²) in [7, 11) is 0. The van der Waals surface area contributed by atoms with Gasteiger partial charge in [-0.1, -0.05) is 36.0 Å². The number of aromatic nitrogens is 2. The zero-order valence-electron chi connectivity index (χ0n) is 18.8. The second kappa shape index (κ2) is 10.4. The number of anilines is 1. The molecular formula is C26H23N3O4S. The number of carbonyl (C=O) groups is 2. The molecule has 0 saturated heterocycles. The van der Waals surface area contributed by atoms with E-state index in [1.807, 2.05) is 13.0 Å². The molecule has 34 heavy (non-hydrogen) atoms. The minimum Gasteiger partial charge on any atom is -0.494 e. The first-order valence-corrected chi connectivity index (χ1v) is 11.7. The lowest BCUT2D eigenvalue weighted by atomic mass is 10.1. The first-order valence-electron chi connectivity index (χ1n) is 10.7. The topological polar surface area (TPSA) is 90.3 Å². The summed E-state index contributed by atoms with van der Waals surface area (Å²) in [5.74, 6) is 0.387. The number of thioether (sulfide) groups is 1. The Morgan fingerprint density at radius 2 is 1.79 bits per heavy atom. The third kappa shape index (κ3) is 5.18. The molecule has 0 aliphatic rings. The highest BCUT2D eigenvalue weighted by Crippen LogP contribution is 2.23. The van der Waals surface area contributed by atoms with Crippen molar-refractivity contribution in [2.45, 2.75) is 19.0 Å². The maximum atomic E-state index is 13.3. The van der Waals surface area contributed by atoms with Crippen molar-refractivity contribution in [1.29, 1.82) is 0 Å². The molecule has 0 aliphatic heterocycles. The Hall–Kier alpha value is -3.91. The third-order valence-electron chi connectivity index (χ3n) is 5.04. The predicted molar refractivity (Wildman–Crippen MR) is 134 cm³/mol. The van der Waals surface area contributed by atoms with E-state index in [0.717, 1.165) is 11.8 Å². The van der Waals surface area contributed by atoms with Crippen molar-refractivity contribution in [3.8, 4) is 11.4 Å². The fraction of sp³-hybridized carbons (Fsp3) is 0.154. The van der Waals surface area contributed by atoms with Gasteiger partial charge in [0.05, 0.1) is 29.0 Å². The molecule has 0 fully saturated rings. The van der Waals surface area contributed by atoms with Gasteiger partial charge < -0.3 is 10.1 Å². The number of rotatable bonds is 8. The minimum atomic E-state index is -0.272. The number of nitrogens with one attached hydrogen (secondary N) is 1. The number of nitrogens with zero attached hydrogens (tertiary/aromatic N) is 2. The van der Waals surface area contributed by atoms with E-state index in [0.29, 0.717) is 45.4 Å². The molecule has 4 aromatic rings. The Morgan fingerprint density at radius 1 is 1.03 bits per heavy atom. The van der Waals surface area contributed by atoms with E-state index < -0.39 is 0 Å². The summed E-state index contributed by atoms with van der Waals surface area (Å²) >= 11 is 1.16. The number of ketones is 1. The van der Waals surface area contributed by atoms with Crippen LogP contribution in [-0.2, 0) is 4.79 Å². The van der Waals surface area contributed by atoms with Gasteiger partial charge in [0.25, 0.3) is 5.56 Å². The summed E-state index contributed by atoms with van der Waals surface area (Å²) in [6, 6.07) is 21.1. The van der Waals surface area contributed by atoms with Crippen LogP contribution in [0.5, 0.6) is 5.75 Å². The van der Waals surface area contributed by atoms with Gasteiger partial charge in [0.15, 0.2) is 10.9 Å².